The number of H-pyrrole nitrogens is 1. The molecular formula is C46H59N5O6. The van der Waals surface area contributed by atoms with Crippen molar-refractivity contribution in [1.29, 1.82) is 0 Å². The van der Waals surface area contributed by atoms with Crippen LogP contribution in [0, 0.1) is 18.8 Å². The van der Waals surface area contributed by atoms with E-state index in [9.17, 15) is 19.5 Å². The van der Waals surface area contributed by atoms with Crippen LogP contribution in [-0.2, 0) is 30.3 Å². The Hall–Kier alpha value is -5.06. The normalized spacial score (nSPS) is 21.8. The van der Waals surface area contributed by atoms with E-state index in [1.165, 1.54) is 16.7 Å². The molecule has 0 aromatic carbocycles. The maximum atomic E-state index is 13.8. The predicted molar refractivity (Wildman–Crippen MR) is 226 cm³/mol. The van der Waals surface area contributed by atoms with Gasteiger partial charge in [0.25, 0.3) is 0 Å². The molecule has 5 aliphatic rings. The predicted octanol–water partition coefficient (Wildman–Crippen LogP) is 9.07. The number of aromatic amines is 1. The molecule has 57 heavy (non-hydrogen) atoms. The lowest BCUT2D eigenvalue weighted by Crippen LogP contribution is -2.46. The molecule has 0 saturated heterocycles. The molecule has 4 aliphatic heterocycles. The summed E-state index contributed by atoms with van der Waals surface area (Å²) in [5.41, 5.74) is 13.9. The van der Waals surface area contributed by atoms with Crippen LogP contribution in [0.25, 0.3) is 12.2 Å². The third-order valence-electron chi connectivity index (χ3n) is 11.4. The highest BCUT2D eigenvalue weighted by atomic mass is 16.6. The summed E-state index contributed by atoms with van der Waals surface area (Å²) in [6.07, 6.45) is 8.71. The maximum absolute atomic E-state index is 13.8. The summed E-state index contributed by atoms with van der Waals surface area (Å²) in [5.74, 6) is -2.11. The van der Waals surface area contributed by atoms with Crippen LogP contribution < -0.4 is 5.32 Å². The van der Waals surface area contributed by atoms with Crippen LogP contribution in [0.5, 0.6) is 0 Å². The largest absolute Gasteiger partial charge is 0.515 e. The molecular weight excluding hydrogens is 719 g/mol. The number of amides is 1. The van der Waals surface area contributed by atoms with Gasteiger partial charge in [0.05, 0.1) is 46.8 Å². The Balaban J connectivity index is 1.40. The fraction of sp³-hybridized carbons (Fsp3) is 0.522. The molecule has 1 fully saturated rings. The van der Waals surface area contributed by atoms with Crippen molar-refractivity contribution in [3.8, 4) is 0 Å². The minimum absolute atomic E-state index is 0.0561. The Morgan fingerprint density at radius 2 is 1.54 bits per heavy atom. The van der Waals surface area contributed by atoms with Crippen LogP contribution in [0.15, 0.2) is 71.8 Å². The molecule has 3 N–H and O–H groups in total. The van der Waals surface area contributed by atoms with Gasteiger partial charge in [-0.2, -0.15) is 0 Å². The van der Waals surface area contributed by atoms with E-state index >= 15 is 0 Å². The second kappa shape index (κ2) is 15.7. The third-order valence-corrected chi connectivity index (χ3v) is 11.4. The van der Waals surface area contributed by atoms with Gasteiger partial charge in [-0.25, -0.2) is 14.8 Å². The summed E-state index contributed by atoms with van der Waals surface area (Å²) in [5, 5.41) is 13.8. The zero-order valence-electron chi connectivity index (χ0n) is 35.7. The van der Waals surface area contributed by atoms with Crippen LogP contribution in [0.4, 0.5) is 0 Å². The lowest BCUT2D eigenvalue weighted by Gasteiger charge is -2.26. The molecule has 1 amide bonds. The molecule has 11 heteroatoms. The molecule has 3 atom stereocenters. The van der Waals surface area contributed by atoms with E-state index in [-0.39, 0.29) is 24.7 Å². The van der Waals surface area contributed by atoms with E-state index in [1.54, 1.807) is 41.5 Å². The smallest absolute Gasteiger partial charge is 0.329 e. The molecule has 1 unspecified atom stereocenters. The van der Waals surface area contributed by atoms with Gasteiger partial charge in [0.1, 0.15) is 17.2 Å². The molecule has 304 valence electrons. The molecule has 1 saturated carbocycles. The number of aliphatic imine (C=N–C) groups is 3. The number of hydrogen-bond acceptors (Lipinski definition) is 9. The van der Waals surface area contributed by atoms with Gasteiger partial charge in [-0.05, 0) is 140 Å². The molecule has 11 nitrogen and oxygen atoms in total. The number of hydrogen-bond donors (Lipinski definition) is 3. The lowest BCUT2D eigenvalue weighted by atomic mass is 9.82. The average Bonchev–Trinajstić information content (AvgIpc) is 3.89. The van der Waals surface area contributed by atoms with Gasteiger partial charge in [0, 0.05) is 40.9 Å². The number of esters is 2. The number of aliphatic hydroxyl groups excluding tert-OH is 1. The van der Waals surface area contributed by atoms with E-state index in [0.717, 1.165) is 88.4 Å². The van der Waals surface area contributed by atoms with Crippen molar-refractivity contribution in [2.75, 3.05) is 0 Å². The van der Waals surface area contributed by atoms with Crippen LogP contribution in [-0.4, -0.2) is 62.3 Å². The first-order valence-electron chi connectivity index (χ1n) is 20.4. The number of carbonyl (C=O) groups excluding carboxylic acids is 3. The first-order valence-corrected chi connectivity index (χ1v) is 20.4. The molecule has 1 aromatic heterocycles. The number of fused-ring (bicyclic) bond motifs is 5. The fourth-order valence-electron chi connectivity index (χ4n) is 8.67. The molecule has 1 aliphatic carbocycles. The van der Waals surface area contributed by atoms with Gasteiger partial charge in [0.15, 0.2) is 0 Å². The molecule has 6 rings (SSSR count). The van der Waals surface area contributed by atoms with Crippen molar-refractivity contribution in [2.24, 2.45) is 26.8 Å². The Bertz CT molecular complexity index is 2200. The van der Waals surface area contributed by atoms with E-state index in [4.69, 9.17) is 24.5 Å². The lowest BCUT2D eigenvalue weighted by molar-refractivity contribution is -0.165. The van der Waals surface area contributed by atoms with Crippen molar-refractivity contribution in [3.63, 3.8) is 0 Å². The van der Waals surface area contributed by atoms with Gasteiger partial charge in [0.2, 0.25) is 5.91 Å². The molecule has 0 spiro atoms. The number of nitrogens with one attached hydrogen (secondary N) is 2. The average molecular weight is 778 g/mol. The monoisotopic (exact) mass is 777 g/mol. The summed E-state index contributed by atoms with van der Waals surface area (Å²) < 4.78 is 11.1. The second-order valence-corrected chi connectivity index (χ2v) is 17.7. The summed E-state index contributed by atoms with van der Waals surface area (Å²) in [4.78, 5) is 59.4. The third kappa shape index (κ3) is 8.34. The minimum Gasteiger partial charge on any atom is -0.515 e. The highest BCUT2D eigenvalue weighted by Crippen LogP contribution is 2.47. The Labute approximate surface area is 337 Å². The molecule has 5 heterocycles. The van der Waals surface area contributed by atoms with Crippen LogP contribution in [0.2, 0.25) is 0 Å². The topological polar surface area (TPSA) is 155 Å². The quantitative estimate of drug-likeness (QED) is 0.168. The molecule has 8 bridgehead atoms. The SMILES string of the molecule is CCC1=C(C)C2=NC1=Cc1[nH]c(c(CC)c1C)C=C1N=C3C(=C1C)CCC3=C1N=C(/C2=C/O)[C@@H](C)[C@@H]1CCC(=O)NC(CC(=O)OC(C)(C)C)C(=O)OC(C)(C)C. The van der Waals surface area contributed by atoms with Crippen LogP contribution >= 0.6 is 0 Å². The Morgan fingerprint density at radius 1 is 0.895 bits per heavy atom. The Morgan fingerprint density at radius 3 is 2.18 bits per heavy atom. The first kappa shape index (κ1) is 41.6. The number of carbonyl (C=O) groups is 3. The van der Waals surface area contributed by atoms with Gasteiger partial charge in [-0.3, -0.25) is 14.6 Å². The summed E-state index contributed by atoms with van der Waals surface area (Å²) >= 11 is 0. The number of ether oxygens (including phenoxy) is 2. The Kier molecular flexibility index (Phi) is 11.5. The minimum atomic E-state index is -1.22. The number of nitrogens with zero attached hydrogens (tertiary/aromatic N) is 3. The van der Waals surface area contributed by atoms with Crippen molar-refractivity contribution in [2.45, 2.75) is 145 Å². The van der Waals surface area contributed by atoms with E-state index in [1.807, 2.05) is 0 Å². The number of aromatic nitrogens is 1. The molecule has 1 aromatic rings. The number of allylic oxidation sites excluding steroid dienone is 7. The summed E-state index contributed by atoms with van der Waals surface area (Å²) in [7, 11) is 0. The van der Waals surface area contributed by atoms with E-state index in [0.29, 0.717) is 23.4 Å². The summed E-state index contributed by atoms with van der Waals surface area (Å²) in [6, 6.07) is -1.22. The van der Waals surface area contributed by atoms with E-state index < -0.39 is 35.1 Å². The van der Waals surface area contributed by atoms with Crippen LogP contribution in [0.3, 0.4) is 0 Å². The van der Waals surface area contributed by atoms with Gasteiger partial charge >= 0.3 is 11.9 Å². The van der Waals surface area contributed by atoms with Crippen molar-refractivity contribution in [1.82, 2.24) is 10.3 Å². The zero-order valence-corrected chi connectivity index (χ0v) is 35.7. The highest BCUT2D eigenvalue weighted by Gasteiger charge is 2.42. The molecule has 0 radical (unpaired) electrons. The fourth-order valence-corrected chi connectivity index (χ4v) is 8.67. The highest BCUT2D eigenvalue weighted by molar-refractivity contribution is 6.32. The second-order valence-electron chi connectivity index (χ2n) is 17.7. The van der Waals surface area contributed by atoms with Gasteiger partial charge in [-0.15, -0.1) is 0 Å². The first-order chi connectivity index (χ1) is 26.7. The van der Waals surface area contributed by atoms with Crippen molar-refractivity contribution in [3.05, 3.63) is 79.3 Å². The number of rotatable bonds is 9. The summed E-state index contributed by atoms with van der Waals surface area (Å²) in [6.45, 7) is 23.2. The van der Waals surface area contributed by atoms with E-state index in [2.05, 4.69) is 64.0 Å². The standard InChI is InChI=1S/C46H59N5O6/c1-13-27-23(3)33-19-36-28(14-2)25(5)40(50-36)32(22-52)41-26(6)30(43(51-41)31-16-15-29-24(4)34(49-42(29)31)20-35(27)47-33)17-18-38(53)48-37(44(55)57-46(10,11)12)21-39(54)56-45(7,8)9/h19-20,22,26,30,37,47,52H,13-18,21H2,1-12H3,(H,48,53)/b32-22+,34-20?,36-19?,43-31?/t26-,30-,37?/m0/s1. The maximum Gasteiger partial charge on any atom is 0.329 e. The van der Waals surface area contributed by atoms with Gasteiger partial charge < -0.3 is 24.9 Å². The van der Waals surface area contributed by atoms with Gasteiger partial charge in [-0.1, -0.05) is 20.8 Å². The van der Waals surface area contributed by atoms with Crippen molar-refractivity contribution >= 4 is 47.1 Å². The van der Waals surface area contributed by atoms with Crippen LogP contribution in [0.1, 0.15) is 137 Å². The number of aliphatic hydroxyl groups is 1. The zero-order chi connectivity index (χ0) is 41.7. The van der Waals surface area contributed by atoms with Crippen molar-refractivity contribution < 1.29 is 29.0 Å².